The zero-order valence-electron chi connectivity index (χ0n) is 15.6. The summed E-state index contributed by atoms with van der Waals surface area (Å²) in [5.74, 6) is 0.255. The van der Waals surface area contributed by atoms with Crippen LogP contribution in [0, 0.1) is 6.92 Å². The lowest BCUT2D eigenvalue weighted by Crippen LogP contribution is -2.36. The minimum Gasteiger partial charge on any atom is -0.370 e. The molecule has 27 heavy (non-hydrogen) atoms. The minimum atomic E-state index is -3.50. The highest BCUT2D eigenvalue weighted by Gasteiger charge is 2.27. The predicted octanol–water partition coefficient (Wildman–Crippen LogP) is 3.10. The van der Waals surface area contributed by atoms with Gasteiger partial charge in [-0.05, 0) is 49.1 Å². The molecule has 0 radical (unpaired) electrons. The maximum absolute atomic E-state index is 13.0. The largest absolute Gasteiger partial charge is 0.370 e. The maximum atomic E-state index is 13.0. The van der Waals surface area contributed by atoms with Gasteiger partial charge in [-0.25, -0.2) is 13.4 Å². The first-order valence-electron chi connectivity index (χ1n) is 9.18. The highest BCUT2D eigenvalue weighted by Crippen LogP contribution is 2.24. The average molecular weight is 387 g/mol. The molecule has 3 N–H and O–H groups in total. The molecule has 1 aliphatic heterocycles. The van der Waals surface area contributed by atoms with Crippen molar-refractivity contribution in [1.82, 2.24) is 4.31 Å². The van der Waals surface area contributed by atoms with Gasteiger partial charge in [-0.3, -0.25) is 0 Å². The SMILES string of the molecule is Cc1cccc(NC(N)=NCc2ccccc2S(=O)(=O)N2CCCCC2)c1. The van der Waals surface area contributed by atoms with Gasteiger partial charge >= 0.3 is 0 Å². The molecule has 2 aromatic carbocycles. The third kappa shape index (κ3) is 4.87. The van der Waals surface area contributed by atoms with Gasteiger partial charge < -0.3 is 11.1 Å². The predicted molar refractivity (Wildman–Crippen MR) is 109 cm³/mol. The summed E-state index contributed by atoms with van der Waals surface area (Å²) in [6.07, 6.45) is 2.90. The van der Waals surface area contributed by atoms with E-state index in [2.05, 4.69) is 10.3 Å². The van der Waals surface area contributed by atoms with Crippen molar-refractivity contribution in [1.29, 1.82) is 0 Å². The van der Waals surface area contributed by atoms with E-state index in [1.165, 1.54) is 0 Å². The summed E-state index contributed by atoms with van der Waals surface area (Å²) in [7, 11) is -3.50. The molecule has 0 aliphatic carbocycles. The molecule has 0 amide bonds. The van der Waals surface area contributed by atoms with Crippen LogP contribution in [0.15, 0.2) is 58.4 Å². The van der Waals surface area contributed by atoms with Gasteiger partial charge in [0.25, 0.3) is 0 Å². The summed E-state index contributed by atoms with van der Waals surface area (Å²) in [5, 5.41) is 3.04. The molecule has 1 aliphatic rings. The van der Waals surface area contributed by atoms with E-state index in [1.54, 1.807) is 22.5 Å². The topological polar surface area (TPSA) is 87.8 Å². The lowest BCUT2D eigenvalue weighted by atomic mass is 10.2. The third-order valence-corrected chi connectivity index (χ3v) is 6.61. The van der Waals surface area contributed by atoms with Gasteiger partial charge in [0.05, 0.1) is 11.4 Å². The number of hydrogen-bond acceptors (Lipinski definition) is 3. The molecule has 0 unspecified atom stereocenters. The minimum absolute atomic E-state index is 0.202. The molecule has 0 saturated carbocycles. The van der Waals surface area contributed by atoms with Crippen molar-refractivity contribution in [3.63, 3.8) is 0 Å². The molecule has 7 heteroatoms. The fourth-order valence-corrected chi connectivity index (χ4v) is 4.94. The normalized spacial score (nSPS) is 16.3. The summed E-state index contributed by atoms with van der Waals surface area (Å²) in [6.45, 7) is 3.36. The molecule has 0 spiro atoms. The van der Waals surface area contributed by atoms with Crippen LogP contribution >= 0.6 is 0 Å². The number of rotatable bonds is 5. The Morgan fingerprint density at radius 1 is 1.11 bits per heavy atom. The molecule has 1 saturated heterocycles. The monoisotopic (exact) mass is 386 g/mol. The van der Waals surface area contributed by atoms with Crippen LogP contribution in [0.25, 0.3) is 0 Å². The van der Waals surface area contributed by atoms with Crippen LogP contribution in [0.1, 0.15) is 30.4 Å². The van der Waals surface area contributed by atoms with Crippen LogP contribution in [-0.4, -0.2) is 31.8 Å². The number of aliphatic imine (C=N–C) groups is 1. The molecule has 1 heterocycles. The molecule has 0 atom stereocenters. The molecule has 0 bridgehead atoms. The van der Waals surface area contributed by atoms with E-state index >= 15 is 0 Å². The summed E-state index contributed by atoms with van der Waals surface area (Å²) >= 11 is 0. The number of anilines is 1. The Morgan fingerprint density at radius 2 is 1.85 bits per heavy atom. The van der Waals surface area contributed by atoms with Gasteiger partial charge in [0, 0.05) is 18.8 Å². The van der Waals surface area contributed by atoms with Crippen LogP contribution in [0.2, 0.25) is 0 Å². The van der Waals surface area contributed by atoms with Gasteiger partial charge in [-0.1, -0.05) is 36.8 Å². The summed E-state index contributed by atoms with van der Waals surface area (Å²) in [5.41, 5.74) is 8.60. The lowest BCUT2D eigenvalue weighted by Gasteiger charge is -2.26. The van der Waals surface area contributed by atoms with Crippen molar-refractivity contribution in [2.45, 2.75) is 37.6 Å². The average Bonchev–Trinajstić information content (AvgIpc) is 2.67. The van der Waals surface area contributed by atoms with Crippen molar-refractivity contribution in [3.05, 3.63) is 59.7 Å². The van der Waals surface area contributed by atoms with E-state index < -0.39 is 10.0 Å². The molecule has 2 aromatic rings. The maximum Gasteiger partial charge on any atom is 0.243 e. The van der Waals surface area contributed by atoms with Gasteiger partial charge in [0.15, 0.2) is 5.96 Å². The molecule has 144 valence electrons. The smallest absolute Gasteiger partial charge is 0.243 e. The second kappa shape index (κ2) is 8.54. The number of nitrogens with two attached hydrogens (primary N) is 1. The van der Waals surface area contributed by atoms with Gasteiger partial charge in [-0.15, -0.1) is 0 Å². The molecule has 1 fully saturated rings. The number of sulfonamides is 1. The fourth-order valence-electron chi connectivity index (χ4n) is 3.21. The zero-order valence-corrected chi connectivity index (χ0v) is 16.4. The number of benzene rings is 2. The molecular weight excluding hydrogens is 360 g/mol. The Hall–Kier alpha value is -2.38. The first-order chi connectivity index (χ1) is 13.0. The van der Waals surface area contributed by atoms with Gasteiger partial charge in [0.2, 0.25) is 10.0 Å². The van der Waals surface area contributed by atoms with E-state index in [-0.39, 0.29) is 12.5 Å². The third-order valence-electron chi connectivity index (χ3n) is 4.62. The van der Waals surface area contributed by atoms with Crippen molar-refractivity contribution in [2.24, 2.45) is 10.7 Å². The number of aryl methyl sites for hydroxylation is 1. The van der Waals surface area contributed by atoms with E-state index in [1.807, 2.05) is 37.3 Å². The second-order valence-electron chi connectivity index (χ2n) is 6.77. The number of guanidine groups is 1. The second-order valence-corrected chi connectivity index (χ2v) is 8.67. The van der Waals surface area contributed by atoms with Crippen molar-refractivity contribution < 1.29 is 8.42 Å². The molecule has 3 rings (SSSR count). The van der Waals surface area contributed by atoms with Gasteiger partial charge in [0.1, 0.15) is 0 Å². The van der Waals surface area contributed by atoms with E-state index in [0.29, 0.717) is 23.5 Å². The van der Waals surface area contributed by atoms with E-state index in [9.17, 15) is 8.42 Å². The Labute approximate surface area is 161 Å². The standard InChI is InChI=1S/C20H26N4O2S/c1-16-8-7-10-18(14-16)23-20(21)22-15-17-9-3-4-11-19(17)27(25,26)24-12-5-2-6-13-24/h3-4,7-11,14H,2,5-6,12-13,15H2,1H3,(H3,21,22,23). The Morgan fingerprint density at radius 3 is 2.59 bits per heavy atom. The van der Waals surface area contributed by atoms with Crippen LogP contribution in [0.5, 0.6) is 0 Å². The summed E-state index contributed by atoms with van der Waals surface area (Å²) in [6, 6.07) is 14.8. The van der Waals surface area contributed by atoms with E-state index in [4.69, 9.17) is 5.73 Å². The first kappa shape index (κ1) is 19.4. The zero-order chi connectivity index (χ0) is 19.3. The Balaban J connectivity index is 1.77. The summed E-state index contributed by atoms with van der Waals surface area (Å²) < 4.78 is 27.6. The number of nitrogens with zero attached hydrogens (tertiary/aromatic N) is 2. The summed E-state index contributed by atoms with van der Waals surface area (Å²) in [4.78, 5) is 4.66. The molecular formula is C20H26N4O2S. The molecule has 0 aromatic heterocycles. The number of hydrogen-bond donors (Lipinski definition) is 2. The van der Waals surface area contributed by atoms with Crippen LogP contribution in [-0.2, 0) is 16.6 Å². The Kier molecular flexibility index (Phi) is 6.13. The molecule has 6 nitrogen and oxygen atoms in total. The Bertz CT molecular complexity index is 919. The van der Waals surface area contributed by atoms with Crippen molar-refractivity contribution in [2.75, 3.05) is 18.4 Å². The van der Waals surface area contributed by atoms with Crippen LogP contribution in [0.3, 0.4) is 0 Å². The fraction of sp³-hybridized carbons (Fsp3) is 0.350. The lowest BCUT2D eigenvalue weighted by molar-refractivity contribution is 0.346. The number of nitrogens with one attached hydrogen (secondary N) is 1. The van der Waals surface area contributed by atoms with Gasteiger partial charge in [-0.2, -0.15) is 4.31 Å². The highest BCUT2D eigenvalue weighted by atomic mass is 32.2. The van der Waals surface area contributed by atoms with Crippen LogP contribution in [0.4, 0.5) is 5.69 Å². The van der Waals surface area contributed by atoms with Crippen molar-refractivity contribution >= 4 is 21.7 Å². The number of piperidine rings is 1. The van der Waals surface area contributed by atoms with Crippen molar-refractivity contribution in [3.8, 4) is 0 Å². The van der Waals surface area contributed by atoms with E-state index in [0.717, 1.165) is 30.5 Å². The first-order valence-corrected chi connectivity index (χ1v) is 10.6. The van der Waals surface area contributed by atoms with Crippen LogP contribution < -0.4 is 11.1 Å². The highest BCUT2D eigenvalue weighted by molar-refractivity contribution is 7.89. The quantitative estimate of drug-likeness (QED) is 0.610.